The molecule has 3 unspecified atom stereocenters. The predicted molar refractivity (Wildman–Crippen MR) is 75.6 cm³/mol. The SMILES string of the molecule is O=C(CCOC1CC(O)CC(CO)O1)NCCCS(=O)(=O)O. The summed E-state index contributed by atoms with van der Waals surface area (Å²) in [7, 11) is -4.00. The van der Waals surface area contributed by atoms with Gasteiger partial charge in [0.2, 0.25) is 5.91 Å². The van der Waals surface area contributed by atoms with Crippen LogP contribution in [0.3, 0.4) is 0 Å². The minimum absolute atomic E-state index is 0.0611. The summed E-state index contributed by atoms with van der Waals surface area (Å²) in [5.41, 5.74) is 0. The van der Waals surface area contributed by atoms with Crippen molar-refractivity contribution in [3.05, 3.63) is 0 Å². The highest BCUT2D eigenvalue weighted by atomic mass is 32.2. The summed E-state index contributed by atoms with van der Waals surface area (Å²) < 4.78 is 40.2. The fraction of sp³-hybridized carbons (Fsp3) is 0.917. The highest BCUT2D eigenvalue weighted by Gasteiger charge is 2.28. The summed E-state index contributed by atoms with van der Waals surface area (Å²) in [5.74, 6) is -0.717. The van der Waals surface area contributed by atoms with Gasteiger partial charge in [0.15, 0.2) is 6.29 Å². The van der Waals surface area contributed by atoms with Gasteiger partial charge < -0.3 is 25.0 Å². The molecule has 130 valence electrons. The molecule has 0 aliphatic carbocycles. The monoisotopic (exact) mass is 341 g/mol. The van der Waals surface area contributed by atoms with E-state index in [0.717, 1.165) is 0 Å². The fourth-order valence-corrected chi connectivity index (χ4v) is 2.54. The van der Waals surface area contributed by atoms with Crippen LogP contribution in [0.2, 0.25) is 0 Å². The quantitative estimate of drug-likeness (QED) is 0.298. The van der Waals surface area contributed by atoms with Gasteiger partial charge in [0, 0.05) is 19.4 Å². The molecule has 0 bridgehead atoms. The van der Waals surface area contributed by atoms with E-state index in [1.807, 2.05) is 0 Å². The van der Waals surface area contributed by atoms with Crippen LogP contribution in [0.4, 0.5) is 0 Å². The molecule has 1 heterocycles. The highest BCUT2D eigenvalue weighted by molar-refractivity contribution is 7.85. The zero-order chi connectivity index (χ0) is 16.6. The fourth-order valence-electron chi connectivity index (χ4n) is 2.03. The number of carbonyl (C=O) groups excluding carboxylic acids is 1. The van der Waals surface area contributed by atoms with Crippen molar-refractivity contribution < 1.29 is 37.5 Å². The molecule has 1 aliphatic rings. The van der Waals surface area contributed by atoms with Crippen molar-refractivity contribution >= 4 is 16.0 Å². The van der Waals surface area contributed by atoms with Crippen LogP contribution in [0, 0.1) is 0 Å². The molecule has 0 spiro atoms. The summed E-state index contributed by atoms with van der Waals surface area (Å²) >= 11 is 0. The molecule has 0 aromatic rings. The first-order valence-electron chi connectivity index (χ1n) is 7.08. The van der Waals surface area contributed by atoms with Crippen LogP contribution in [0.25, 0.3) is 0 Å². The molecule has 1 aliphatic heterocycles. The maximum Gasteiger partial charge on any atom is 0.264 e. The molecule has 1 amide bonds. The minimum Gasteiger partial charge on any atom is -0.394 e. The number of aliphatic hydroxyl groups excluding tert-OH is 2. The lowest BCUT2D eigenvalue weighted by atomic mass is 10.1. The van der Waals surface area contributed by atoms with E-state index in [0.29, 0.717) is 6.42 Å². The molecule has 4 N–H and O–H groups in total. The van der Waals surface area contributed by atoms with Crippen molar-refractivity contribution in [2.24, 2.45) is 0 Å². The van der Waals surface area contributed by atoms with Crippen molar-refractivity contribution in [1.29, 1.82) is 0 Å². The van der Waals surface area contributed by atoms with Gasteiger partial charge in [-0.1, -0.05) is 0 Å². The number of hydrogen-bond acceptors (Lipinski definition) is 7. The van der Waals surface area contributed by atoms with Crippen LogP contribution in [0.5, 0.6) is 0 Å². The van der Waals surface area contributed by atoms with Gasteiger partial charge in [-0.2, -0.15) is 8.42 Å². The van der Waals surface area contributed by atoms with Gasteiger partial charge in [0.25, 0.3) is 10.1 Å². The van der Waals surface area contributed by atoms with Gasteiger partial charge >= 0.3 is 0 Å². The zero-order valence-electron chi connectivity index (χ0n) is 12.2. The largest absolute Gasteiger partial charge is 0.394 e. The molecule has 10 heteroatoms. The zero-order valence-corrected chi connectivity index (χ0v) is 13.0. The van der Waals surface area contributed by atoms with Crippen molar-refractivity contribution in [3.8, 4) is 0 Å². The first-order valence-corrected chi connectivity index (χ1v) is 8.69. The number of hydrogen-bond donors (Lipinski definition) is 4. The Hall–Kier alpha value is -0.780. The van der Waals surface area contributed by atoms with E-state index in [9.17, 15) is 18.3 Å². The van der Waals surface area contributed by atoms with E-state index in [2.05, 4.69) is 5.32 Å². The number of amides is 1. The Bertz CT molecular complexity index is 440. The summed E-state index contributed by atoms with van der Waals surface area (Å²) in [6.07, 6.45) is -0.911. The second-order valence-electron chi connectivity index (χ2n) is 5.11. The Kier molecular flexibility index (Phi) is 8.21. The summed E-state index contributed by atoms with van der Waals surface area (Å²) in [4.78, 5) is 11.5. The molecule has 0 saturated carbocycles. The molecule has 0 radical (unpaired) electrons. The standard InChI is InChI=1S/C12H23NO8S/c14-8-10-6-9(15)7-12(21-10)20-4-2-11(16)13-3-1-5-22(17,18)19/h9-10,12,14-15H,1-8H2,(H,13,16)(H,17,18,19). The third-order valence-corrected chi connectivity index (χ3v) is 3.89. The Morgan fingerprint density at radius 2 is 2.09 bits per heavy atom. The summed E-state index contributed by atoms with van der Waals surface area (Å²) in [6.45, 7) is 0.0225. The van der Waals surface area contributed by atoms with Crippen molar-refractivity contribution in [3.63, 3.8) is 0 Å². The number of rotatable bonds is 9. The van der Waals surface area contributed by atoms with Gasteiger partial charge in [0.1, 0.15) is 0 Å². The maximum absolute atomic E-state index is 11.5. The smallest absolute Gasteiger partial charge is 0.264 e. The van der Waals surface area contributed by atoms with Crippen LogP contribution in [-0.4, -0.2) is 73.1 Å². The molecule has 1 saturated heterocycles. The molecule has 9 nitrogen and oxygen atoms in total. The first-order chi connectivity index (χ1) is 10.3. The minimum atomic E-state index is -4.00. The lowest BCUT2D eigenvalue weighted by molar-refractivity contribution is -0.221. The first kappa shape index (κ1) is 19.3. The highest BCUT2D eigenvalue weighted by Crippen LogP contribution is 2.20. The van der Waals surface area contributed by atoms with Crippen LogP contribution >= 0.6 is 0 Å². The van der Waals surface area contributed by atoms with E-state index in [1.54, 1.807) is 0 Å². The lowest BCUT2D eigenvalue weighted by Gasteiger charge is -2.31. The summed E-state index contributed by atoms with van der Waals surface area (Å²) in [5, 5.41) is 21.1. The molecule has 0 aromatic heterocycles. The third kappa shape index (κ3) is 8.61. The van der Waals surface area contributed by atoms with Gasteiger partial charge in [-0.15, -0.1) is 0 Å². The number of ether oxygens (including phenoxy) is 2. The van der Waals surface area contributed by atoms with Crippen LogP contribution < -0.4 is 5.32 Å². The van der Waals surface area contributed by atoms with Gasteiger partial charge in [-0.25, -0.2) is 0 Å². The average Bonchev–Trinajstić information content (AvgIpc) is 2.42. The van der Waals surface area contributed by atoms with Gasteiger partial charge in [-0.05, 0) is 6.42 Å². The molecule has 1 rings (SSSR count). The molecule has 3 atom stereocenters. The van der Waals surface area contributed by atoms with E-state index < -0.39 is 34.4 Å². The maximum atomic E-state index is 11.5. The lowest BCUT2D eigenvalue weighted by Crippen LogP contribution is -2.39. The van der Waals surface area contributed by atoms with Crippen LogP contribution in [0.15, 0.2) is 0 Å². The average molecular weight is 341 g/mol. The van der Waals surface area contributed by atoms with E-state index in [4.69, 9.17) is 19.1 Å². The second kappa shape index (κ2) is 9.38. The number of aliphatic hydroxyl groups is 2. The van der Waals surface area contributed by atoms with Crippen molar-refractivity contribution in [2.45, 2.75) is 44.2 Å². The number of nitrogens with one attached hydrogen (secondary N) is 1. The second-order valence-corrected chi connectivity index (χ2v) is 6.68. The molecule has 0 aromatic carbocycles. The Balaban J connectivity index is 2.11. The topological polar surface area (TPSA) is 142 Å². The van der Waals surface area contributed by atoms with Crippen molar-refractivity contribution in [2.75, 3.05) is 25.5 Å². The molecule has 1 fully saturated rings. The van der Waals surface area contributed by atoms with Gasteiger partial charge in [0.05, 0.1) is 37.6 Å². The van der Waals surface area contributed by atoms with E-state index in [1.165, 1.54) is 0 Å². The van der Waals surface area contributed by atoms with Crippen molar-refractivity contribution in [1.82, 2.24) is 5.32 Å². The molecular formula is C12H23NO8S. The van der Waals surface area contributed by atoms with Gasteiger partial charge in [-0.3, -0.25) is 9.35 Å². The predicted octanol–water partition coefficient (Wildman–Crippen LogP) is -1.35. The molecule has 22 heavy (non-hydrogen) atoms. The summed E-state index contributed by atoms with van der Waals surface area (Å²) in [6, 6.07) is 0. The Morgan fingerprint density at radius 1 is 1.36 bits per heavy atom. The Morgan fingerprint density at radius 3 is 2.73 bits per heavy atom. The van der Waals surface area contributed by atoms with E-state index >= 15 is 0 Å². The normalized spacial score (nSPS) is 25.9. The number of carbonyl (C=O) groups is 1. The Labute approximate surface area is 129 Å². The molecular weight excluding hydrogens is 318 g/mol. The van der Waals surface area contributed by atoms with Crippen LogP contribution in [-0.2, 0) is 24.4 Å². The van der Waals surface area contributed by atoms with Crippen LogP contribution in [0.1, 0.15) is 25.7 Å². The third-order valence-electron chi connectivity index (χ3n) is 3.08. The van der Waals surface area contributed by atoms with E-state index in [-0.39, 0.29) is 44.9 Å².